The van der Waals surface area contributed by atoms with Crippen LogP contribution >= 0.6 is 15.9 Å². The van der Waals surface area contributed by atoms with Crippen LogP contribution in [0.4, 0.5) is 5.82 Å². The molecule has 2 rings (SSSR count). The number of halogens is 1. The molecule has 0 bridgehead atoms. The third-order valence-corrected chi connectivity index (χ3v) is 3.78. The Balaban J connectivity index is 2.13. The maximum absolute atomic E-state index is 5.50. The van der Waals surface area contributed by atoms with Crippen molar-refractivity contribution in [3.63, 3.8) is 0 Å². The molecule has 82 valence electrons. The van der Waals surface area contributed by atoms with Gasteiger partial charge in [0.15, 0.2) is 0 Å². The van der Waals surface area contributed by atoms with Gasteiger partial charge in [-0.05, 0) is 47.8 Å². The van der Waals surface area contributed by atoms with Crippen molar-refractivity contribution in [3.8, 4) is 0 Å². The number of rotatable bonds is 2. The van der Waals surface area contributed by atoms with Gasteiger partial charge in [0.1, 0.15) is 5.82 Å². The fourth-order valence-electron chi connectivity index (χ4n) is 1.74. The lowest BCUT2D eigenvalue weighted by atomic mass is 10.1. The number of aromatic nitrogens is 1. The highest BCUT2D eigenvalue weighted by molar-refractivity contribution is 9.10. The Hall–Kier alpha value is -0.610. The minimum atomic E-state index is 0.263. The monoisotopic (exact) mass is 270 g/mol. The molecule has 2 unspecified atom stereocenters. The van der Waals surface area contributed by atoms with Crippen LogP contribution < -0.4 is 5.32 Å². The normalized spacial score (nSPS) is 25.5. The van der Waals surface area contributed by atoms with Gasteiger partial charge in [0.2, 0.25) is 0 Å². The first-order valence-electron chi connectivity index (χ1n) is 5.17. The Labute approximate surface area is 98.4 Å². The van der Waals surface area contributed by atoms with Gasteiger partial charge < -0.3 is 10.1 Å². The minimum Gasteiger partial charge on any atom is -0.376 e. The molecule has 0 aliphatic carbocycles. The molecule has 0 amide bonds. The predicted octanol–water partition coefficient (Wildman–Crippen LogP) is 2.74. The molecule has 0 spiro atoms. The lowest BCUT2D eigenvalue weighted by Crippen LogP contribution is -2.27. The summed E-state index contributed by atoms with van der Waals surface area (Å²) in [6.07, 6.45) is 3.13. The molecule has 3 nitrogen and oxygen atoms in total. The van der Waals surface area contributed by atoms with E-state index < -0.39 is 0 Å². The molecule has 4 heteroatoms. The third-order valence-electron chi connectivity index (χ3n) is 2.78. The smallest absolute Gasteiger partial charge is 0.140 e. The fraction of sp³-hybridized carbons (Fsp3) is 0.545. The standard InChI is InChI=1S/C11H15BrN2O/c1-7-3-5-13-11(10(7)12)14-9-4-6-15-8(9)2/h3,5,8-9H,4,6H2,1-2H3,(H,13,14). The van der Waals surface area contributed by atoms with Gasteiger partial charge in [0, 0.05) is 12.8 Å². The molecular formula is C11H15BrN2O. The number of pyridine rings is 1. The number of hydrogen-bond donors (Lipinski definition) is 1. The van der Waals surface area contributed by atoms with Crippen LogP contribution in [0.3, 0.4) is 0 Å². The first-order chi connectivity index (χ1) is 7.18. The van der Waals surface area contributed by atoms with Gasteiger partial charge in [-0.3, -0.25) is 0 Å². The Morgan fingerprint density at radius 1 is 1.60 bits per heavy atom. The van der Waals surface area contributed by atoms with E-state index in [2.05, 4.69) is 40.1 Å². The topological polar surface area (TPSA) is 34.2 Å². The lowest BCUT2D eigenvalue weighted by molar-refractivity contribution is 0.121. The van der Waals surface area contributed by atoms with Gasteiger partial charge in [-0.1, -0.05) is 0 Å². The summed E-state index contributed by atoms with van der Waals surface area (Å²) in [6.45, 7) is 4.99. The van der Waals surface area contributed by atoms with Gasteiger partial charge in [0.05, 0.1) is 16.6 Å². The van der Waals surface area contributed by atoms with E-state index in [-0.39, 0.29) is 6.10 Å². The third kappa shape index (κ3) is 2.32. The van der Waals surface area contributed by atoms with Crippen LogP contribution in [0, 0.1) is 6.92 Å². The van der Waals surface area contributed by atoms with Gasteiger partial charge in [-0.25, -0.2) is 4.98 Å². The molecule has 1 fully saturated rings. The van der Waals surface area contributed by atoms with Crippen molar-refractivity contribution in [2.75, 3.05) is 11.9 Å². The fourth-order valence-corrected chi connectivity index (χ4v) is 2.09. The average Bonchev–Trinajstić information content (AvgIpc) is 2.60. The summed E-state index contributed by atoms with van der Waals surface area (Å²) in [5.41, 5.74) is 1.19. The Bertz CT molecular complexity index is 356. The molecule has 2 atom stereocenters. The average molecular weight is 271 g/mol. The molecule has 1 saturated heterocycles. The van der Waals surface area contributed by atoms with E-state index in [0.29, 0.717) is 6.04 Å². The second-order valence-electron chi connectivity index (χ2n) is 3.91. The molecule has 0 aromatic carbocycles. The lowest BCUT2D eigenvalue weighted by Gasteiger charge is -2.17. The molecule has 0 radical (unpaired) electrons. The molecule has 1 aliphatic rings. The van der Waals surface area contributed by atoms with Crippen LogP contribution in [0.25, 0.3) is 0 Å². The zero-order chi connectivity index (χ0) is 10.8. The first kappa shape index (κ1) is 10.9. The summed E-state index contributed by atoms with van der Waals surface area (Å²) in [7, 11) is 0. The number of aryl methyl sites for hydroxylation is 1. The molecule has 2 heterocycles. The van der Waals surface area contributed by atoms with E-state index in [0.717, 1.165) is 23.3 Å². The van der Waals surface area contributed by atoms with Crippen molar-refractivity contribution in [2.24, 2.45) is 0 Å². The highest BCUT2D eigenvalue weighted by atomic mass is 79.9. The summed E-state index contributed by atoms with van der Waals surface area (Å²) >= 11 is 3.54. The van der Waals surface area contributed by atoms with E-state index in [1.165, 1.54) is 5.56 Å². The molecule has 0 saturated carbocycles. The summed E-state index contributed by atoms with van der Waals surface area (Å²) in [5.74, 6) is 0.914. The second-order valence-corrected chi connectivity index (χ2v) is 4.70. The van der Waals surface area contributed by atoms with Crippen molar-refractivity contribution >= 4 is 21.7 Å². The molecule has 1 N–H and O–H groups in total. The van der Waals surface area contributed by atoms with Crippen LogP contribution in [-0.4, -0.2) is 23.7 Å². The van der Waals surface area contributed by atoms with Crippen molar-refractivity contribution in [2.45, 2.75) is 32.4 Å². The van der Waals surface area contributed by atoms with E-state index in [4.69, 9.17) is 4.74 Å². The van der Waals surface area contributed by atoms with Crippen LogP contribution in [-0.2, 0) is 4.74 Å². The second kappa shape index (κ2) is 4.49. The summed E-state index contributed by atoms with van der Waals surface area (Å²) in [5, 5.41) is 3.42. The van der Waals surface area contributed by atoms with Crippen molar-refractivity contribution in [1.82, 2.24) is 4.98 Å². The molecule has 1 aromatic rings. The maximum Gasteiger partial charge on any atom is 0.140 e. The Kier molecular flexibility index (Phi) is 3.26. The molecule has 15 heavy (non-hydrogen) atoms. The quantitative estimate of drug-likeness (QED) is 0.898. The van der Waals surface area contributed by atoms with Gasteiger partial charge in [-0.15, -0.1) is 0 Å². The number of anilines is 1. The van der Waals surface area contributed by atoms with Crippen molar-refractivity contribution in [1.29, 1.82) is 0 Å². The molecular weight excluding hydrogens is 256 g/mol. The molecule has 1 aliphatic heterocycles. The SMILES string of the molecule is Cc1ccnc(NC2CCOC2C)c1Br. The number of nitrogens with zero attached hydrogens (tertiary/aromatic N) is 1. The van der Waals surface area contributed by atoms with Crippen LogP contribution in [0.2, 0.25) is 0 Å². The zero-order valence-corrected chi connectivity index (χ0v) is 10.5. The minimum absolute atomic E-state index is 0.263. The summed E-state index contributed by atoms with van der Waals surface area (Å²) < 4.78 is 6.55. The van der Waals surface area contributed by atoms with E-state index in [9.17, 15) is 0 Å². The molecule has 1 aromatic heterocycles. The van der Waals surface area contributed by atoms with E-state index in [1.807, 2.05) is 12.3 Å². The zero-order valence-electron chi connectivity index (χ0n) is 8.96. The highest BCUT2D eigenvalue weighted by Gasteiger charge is 2.24. The van der Waals surface area contributed by atoms with Gasteiger partial charge in [-0.2, -0.15) is 0 Å². The maximum atomic E-state index is 5.50. The largest absolute Gasteiger partial charge is 0.376 e. The summed E-state index contributed by atoms with van der Waals surface area (Å²) in [6, 6.07) is 2.36. The van der Waals surface area contributed by atoms with E-state index >= 15 is 0 Å². The van der Waals surface area contributed by atoms with Crippen molar-refractivity contribution in [3.05, 3.63) is 22.3 Å². The van der Waals surface area contributed by atoms with Crippen LogP contribution in [0.15, 0.2) is 16.7 Å². The highest BCUT2D eigenvalue weighted by Crippen LogP contribution is 2.26. The Morgan fingerprint density at radius 2 is 2.40 bits per heavy atom. The summed E-state index contributed by atoms with van der Waals surface area (Å²) in [4.78, 5) is 4.32. The van der Waals surface area contributed by atoms with Gasteiger partial charge >= 0.3 is 0 Å². The van der Waals surface area contributed by atoms with Crippen LogP contribution in [0.1, 0.15) is 18.9 Å². The predicted molar refractivity (Wildman–Crippen MR) is 64.1 cm³/mol. The number of hydrogen-bond acceptors (Lipinski definition) is 3. The number of nitrogens with one attached hydrogen (secondary N) is 1. The first-order valence-corrected chi connectivity index (χ1v) is 5.97. The van der Waals surface area contributed by atoms with Crippen molar-refractivity contribution < 1.29 is 4.74 Å². The van der Waals surface area contributed by atoms with Gasteiger partial charge in [0.25, 0.3) is 0 Å². The van der Waals surface area contributed by atoms with Crippen LogP contribution in [0.5, 0.6) is 0 Å². The van der Waals surface area contributed by atoms with E-state index in [1.54, 1.807) is 0 Å². The number of ether oxygens (including phenoxy) is 1. The Morgan fingerprint density at radius 3 is 3.07 bits per heavy atom.